The van der Waals surface area contributed by atoms with E-state index in [0.29, 0.717) is 13.1 Å². The molecule has 0 spiro atoms. The molecule has 1 unspecified atom stereocenters. The van der Waals surface area contributed by atoms with Crippen LogP contribution in [0.2, 0.25) is 0 Å². The van der Waals surface area contributed by atoms with E-state index in [0.717, 1.165) is 31.5 Å². The molecule has 1 heterocycles. The van der Waals surface area contributed by atoms with E-state index in [2.05, 4.69) is 12.2 Å². The molecule has 0 radical (unpaired) electrons. The summed E-state index contributed by atoms with van der Waals surface area (Å²) in [6.07, 6.45) is 2.29. The number of hydrogen-bond donors (Lipinski definition) is 1. The van der Waals surface area contributed by atoms with Crippen LogP contribution in [-0.2, 0) is 16.1 Å². The van der Waals surface area contributed by atoms with Gasteiger partial charge in [0.15, 0.2) is 0 Å². The molecule has 1 aromatic carbocycles. The quantitative estimate of drug-likeness (QED) is 0.832. The van der Waals surface area contributed by atoms with Gasteiger partial charge in [0, 0.05) is 33.2 Å². The molecule has 1 fully saturated rings. The number of hydrogen-bond acceptors (Lipinski definition) is 3. The van der Waals surface area contributed by atoms with Gasteiger partial charge in [-0.25, -0.2) is 0 Å². The summed E-state index contributed by atoms with van der Waals surface area (Å²) in [5.41, 5.74) is 1.12. The lowest BCUT2D eigenvalue weighted by Crippen LogP contribution is -2.55. The zero-order valence-electron chi connectivity index (χ0n) is 14.1. The lowest BCUT2D eigenvalue weighted by Gasteiger charge is -2.33. The SMILES string of the molecule is CCCCN(C)C(=O)CC1NCCN(Cc2ccccc2)C1=O. The van der Waals surface area contributed by atoms with Gasteiger partial charge >= 0.3 is 0 Å². The van der Waals surface area contributed by atoms with Gasteiger partial charge in [-0.2, -0.15) is 0 Å². The highest BCUT2D eigenvalue weighted by atomic mass is 16.2. The first-order chi connectivity index (χ1) is 11.1. The summed E-state index contributed by atoms with van der Waals surface area (Å²) in [6, 6.07) is 9.57. The number of carbonyl (C=O) groups excluding carboxylic acids is 2. The van der Waals surface area contributed by atoms with Crippen LogP contribution in [-0.4, -0.2) is 54.3 Å². The second kappa shape index (κ2) is 8.67. The van der Waals surface area contributed by atoms with Crippen molar-refractivity contribution in [1.29, 1.82) is 0 Å². The minimum Gasteiger partial charge on any atom is -0.346 e. The van der Waals surface area contributed by atoms with Crippen LogP contribution in [0.5, 0.6) is 0 Å². The Morgan fingerprint density at radius 3 is 2.78 bits per heavy atom. The van der Waals surface area contributed by atoms with Crippen LogP contribution in [0.3, 0.4) is 0 Å². The van der Waals surface area contributed by atoms with E-state index in [1.165, 1.54) is 0 Å². The predicted molar refractivity (Wildman–Crippen MR) is 90.8 cm³/mol. The van der Waals surface area contributed by atoms with Crippen molar-refractivity contribution in [2.24, 2.45) is 0 Å². The van der Waals surface area contributed by atoms with Crippen LogP contribution < -0.4 is 5.32 Å². The van der Waals surface area contributed by atoms with E-state index in [1.54, 1.807) is 4.90 Å². The number of nitrogens with zero attached hydrogens (tertiary/aromatic N) is 2. The summed E-state index contributed by atoms with van der Waals surface area (Å²) in [4.78, 5) is 28.4. The Hall–Kier alpha value is -1.88. The highest BCUT2D eigenvalue weighted by Gasteiger charge is 2.30. The zero-order valence-corrected chi connectivity index (χ0v) is 14.1. The van der Waals surface area contributed by atoms with Crippen molar-refractivity contribution >= 4 is 11.8 Å². The first-order valence-electron chi connectivity index (χ1n) is 8.42. The topological polar surface area (TPSA) is 52.7 Å². The maximum absolute atomic E-state index is 12.6. The molecule has 2 rings (SSSR count). The van der Waals surface area contributed by atoms with Crippen LogP contribution in [0.25, 0.3) is 0 Å². The van der Waals surface area contributed by atoms with Gasteiger partial charge in [-0.15, -0.1) is 0 Å². The number of amides is 2. The smallest absolute Gasteiger partial charge is 0.240 e. The van der Waals surface area contributed by atoms with Crippen molar-refractivity contribution in [3.63, 3.8) is 0 Å². The second-order valence-corrected chi connectivity index (χ2v) is 6.13. The summed E-state index contributed by atoms with van der Waals surface area (Å²) in [7, 11) is 1.81. The van der Waals surface area contributed by atoms with E-state index in [1.807, 2.05) is 42.3 Å². The standard InChI is InChI=1S/C18H27N3O2/c1-3-4-11-20(2)17(22)13-16-18(23)21(12-10-19-16)14-15-8-6-5-7-9-15/h5-9,16,19H,3-4,10-14H2,1-2H3. The van der Waals surface area contributed by atoms with Gasteiger partial charge < -0.3 is 15.1 Å². The molecule has 1 aliphatic heterocycles. The summed E-state index contributed by atoms with van der Waals surface area (Å²) in [6.45, 7) is 4.88. The molecule has 0 aliphatic carbocycles. The van der Waals surface area contributed by atoms with Crippen molar-refractivity contribution in [2.45, 2.75) is 38.8 Å². The predicted octanol–water partition coefficient (Wildman–Crippen LogP) is 1.64. The maximum atomic E-state index is 12.6. The average Bonchev–Trinajstić information content (AvgIpc) is 2.57. The minimum atomic E-state index is -0.399. The molecule has 2 amide bonds. The van der Waals surface area contributed by atoms with Gasteiger partial charge in [0.1, 0.15) is 0 Å². The number of nitrogens with one attached hydrogen (secondary N) is 1. The van der Waals surface area contributed by atoms with E-state index in [9.17, 15) is 9.59 Å². The van der Waals surface area contributed by atoms with Gasteiger partial charge in [0.05, 0.1) is 12.5 Å². The molecule has 0 aromatic heterocycles. The Morgan fingerprint density at radius 1 is 1.35 bits per heavy atom. The average molecular weight is 317 g/mol. The molecular weight excluding hydrogens is 290 g/mol. The Balaban J connectivity index is 1.90. The van der Waals surface area contributed by atoms with Crippen molar-refractivity contribution in [3.8, 4) is 0 Å². The van der Waals surface area contributed by atoms with Gasteiger partial charge in [-0.05, 0) is 12.0 Å². The molecule has 1 atom stereocenters. The fourth-order valence-electron chi connectivity index (χ4n) is 2.76. The van der Waals surface area contributed by atoms with Crippen molar-refractivity contribution in [1.82, 2.24) is 15.1 Å². The lowest BCUT2D eigenvalue weighted by atomic mass is 10.1. The van der Waals surface area contributed by atoms with Crippen LogP contribution in [0.1, 0.15) is 31.7 Å². The Bertz CT molecular complexity index is 518. The number of carbonyl (C=O) groups is 2. The Morgan fingerprint density at radius 2 is 2.09 bits per heavy atom. The zero-order chi connectivity index (χ0) is 16.7. The third-order valence-corrected chi connectivity index (χ3v) is 4.25. The molecule has 0 bridgehead atoms. The monoisotopic (exact) mass is 317 g/mol. The molecule has 1 saturated heterocycles. The molecule has 5 heteroatoms. The van der Waals surface area contributed by atoms with Crippen molar-refractivity contribution in [3.05, 3.63) is 35.9 Å². The van der Waals surface area contributed by atoms with Gasteiger partial charge in [0.25, 0.3) is 0 Å². The Labute approximate surface area is 138 Å². The number of benzene rings is 1. The van der Waals surface area contributed by atoms with Crippen LogP contribution in [0, 0.1) is 0 Å². The highest BCUT2D eigenvalue weighted by molar-refractivity contribution is 5.88. The van der Waals surface area contributed by atoms with Crippen LogP contribution in [0.15, 0.2) is 30.3 Å². The molecule has 0 saturated carbocycles. The highest BCUT2D eigenvalue weighted by Crippen LogP contribution is 2.11. The third kappa shape index (κ3) is 5.06. The van der Waals surface area contributed by atoms with Crippen molar-refractivity contribution in [2.75, 3.05) is 26.7 Å². The molecular formula is C18H27N3O2. The molecule has 23 heavy (non-hydrogen) atoms. The molecule has 5 nitrogen and oxygen atoms in total. The van der Waals surface area contributed by atoms with Crippen molar-refractivity contribution < 1.29 is 9.59 Å². The summed E-state index contributed by atoms with van der Waals surface area (Å²) >= 11 is 0. The van der Waals surface area contributed by atoms with Gasteiger partial charge in [0.2, 0.25) is 11.8 Å². The minimum absolute atomic E-state index is 0.0253. The van der Waals surface area contributed by atoms with Crippen LogP contribution >= 0.6 is 0 Å². The molecule has 1 aromatic rings. The third-order valence-electron chi connectivity index (χ3n) is 4.25. The summed E-state index contributed by atoms with van der Waals surface area (Å²) < 4.78 is 0. The normalized spacial score (nSPS) is 18.1. The molecule has 1 N–H and O–H groups in total. The summed E-state index contributed by atoms with van der Waals surface area (Å²) in [5, 5.41) is 3.19. The molecule has 1 aliphatic rings. The first kappa shape index (κ1) is 17.5. The van der Waals surface area contributed by atoms with E-state index < -0.39 is 6.04 Å². The van der Waals surface area contributed by atoms with Crippen LogP contribution in [0.4, 0.5) is 0 Å². The second-order valence-electron chi connectivity index (χ2n) is 6.13. The maximum Gasteiger partial charge on any atom is 0.240 e. The number of rotatable bonds is 7. The van der Waals surface area contributed by atoms with E-state index in [4.69, 9.17) is 0 Å². The van der Waals surface area contributed by atoms with Gasteiger partial charge in [-0.1, -0.05) is 43.7 Å². The fraction of sp³-hybridized carbons (Fsp3) is 0.556. The number of piperazine rings is 1. The Kier molecular flexibility index (Phi) is 6.59. The number of unbranched alkanes of at least 4 members (excludes halogenated alkanes) is 1. The van der Waals surface area contributed by atoms with E-state index in [-0.39, 0.29) is 18.2 Å². The first-order valence-corrected chi connectivity index (χ1v) is 8.42. The fourth-order valence-corrected chi connectivity index (χ4v) is 2.76. The summed E-state index contributed by atoms with van der Waals surface area (Å²) in [5.74, 6) is 0.0585. The lowest BCUT2D eigenvalue weighted by molar-refractivity contribution is -0.141. The largest absolute Gasteiger partial charge is 0.346 e. The molecule has 126 valence electrons. The van der Waals surface area contributed by atoms with E-state index >= 15 is 0 Å². The van der Waals surface area contributed by atoms with Gasteiger partial charge in [-0.3, -0.25) is 9.59 Å².